The Balaban J connectivity index is 1.86. The van der Waals surface area contributed by atoms with Crippen molar-refractivity contribution in [3.8, 4) is 0 Å². The van der Waals surface area contributed by atoms with Crippen LogP contribution in [0.4, 0.5) is 0 Å². The summed E-state index contributed by atoms with van der Waals surface area (Å²) in [4.78, 5) is 26.6. The maximum Gasteiger partial charge on any atom is 0.195 e. The molecule has 2 fully saturated rings. The third kappa shape index (κ3) is 3.89. The van der Waals surface area contributed by atoms with Crippen molar-refractivity contribution in [1.29, 1.82) is 0 Å². The van der Waals surface area contributed by atoms with Crippen LogP contribution in [0.5, 0.6) is 0 Å². The molecular weight excluding hydrogens is 252 g/mol. The van der Waals surface area contributed by atoms with Gasteiger partial charge in [-0.1, -0.05) is 13.8 Å². The topological polar surface area (TPSA) is 40.6 Å². The minimum Gasteiger partial charge on any atom is -0.302 e. The number of nitrogens with zero attached hydrogens (tertiary/aromatic N) is 2. The molecule has 4 nitrogen and oxygen atoms in total. The molecule has 0 bridgehead atoms. The summed E-state index contributed by atoms with van der Waals surface area (Å²) in [6.07, 6.45) is 5.56. The van der Waals surface area contributed by atoms with Crippen LogP contribution in [-0.2, 0) is 9.59 Å². The van der Waals surface area contributed by atoms with Crippen LogP contribution in [0.25, 0.3) is 0 Å². The summed E-state index contributed by atoms with van der Waals surface area (Å²) in [5.41, 5.74) is 0.358. The van der Waals surface area contributed by atoms with Crippen LogP contribution in [0, 0.1) is 5.41 Å². The number of likely N-dealkylation sites (tertiary alicyclic amines) is 2. The Hall–Kier alpha value is -0.740. The summed E-state index contributed by atoms with van der Waals surface area (Å²) < 4.78 is 0. The largest absolute Gasteiger partial charge is 0.302 e. The Morgan fingerprint density at radius 3 is 2.60 bits per heavy atom. The van der Waals surface area contributed by atoms with Crippen molar-refractivity contribution in [2.75, 3.05) is 32.7 Å². The van der Waals surface area contributed by atoms with E-state index in [9.17, 15) is 9.59 Å². The molecular formula is C16H28N2O2. The highest BCUT2D eigenvalue weighted by molar-refractivity contribution is 6.24. The predicted octanol–water partition coefficient (Wildman–Crippen LogP) is 1.73. The van der Waals surface area contributed by atoms with Crippen molar-refractivity contribution in [3.05, 3.63) is 0 Å². The Morgan fingerprint density at radius 1 is 1.25 bits per heavy atom. The quantitative estimate of drug-likeness (QED) is 0.526. The Morgan fingerprint density at radius 2 is 1.95 bits per heavy atom. The smallest absolute Gasteiger partial charge is 0.195 e. The molecule has 0 aromatic carbocycles. The highest BCUT2D eigenvalue weighted by Gasteiger charge is 2.40. The first-order valence-electron chi connectivity index (χ1n) is 7.97. The Kier molecular flexibility index (Phi) is 5.33. The lowest BCUT2D eigenvalue weighted by molar-refractivity contribution is -0.129. The number of hydrogen-bond donors (Lipinski definition) is 0. The summed E-state index contributed by atoms with van der Waals surface area (Å²) >= 11 is 0. The second-order valence-corrected chi connectivity index (χ2v) is 6.99. The molecule has 0 aromatic rings. The summed E-state index contributed by atoms with van der Waals surface area (Å²) in [6, 6.07) is 0.590. The zero-order chi connectivity index (χ0) is 14.6. The maximum absolute atomic E-state index is 11.1. The fourth-order valence-corrected chi connectivity index (χ4v) is 3.60. The maximum atomic E-state index is 11.1. The number of carbonyl (C=O) groups is 2. The van der Waals surface area contributed by atoms with Crippen molar-refractivity contribution in [3.63, 3.8) is 0 Å². The lowest BCUT2D eigenvalue weighted by Gasteiger charge is -2.35. The Labute approximate surface area is 122 Å². The molecule has 2 rings (SSSR count). The zero-order valence-electron chi connectivity index (χ0n) is 12.9. The van der Waals surface area contributed by atoms with Gasteiger partial charge in [0.15, 0.2) is 12.1 Å². The molecule has 2 heterocycles. The average molecular weight is 280 g/mol. The van der Waals surface area contributed by atoms with E-state index in [1.165, 1.54) is 32.4 Å². The lowest BCUT2D eigenvalue weighted by Crippen LogP contribution is -2.45. The van der Waals surface area contributed by atoms with E-state index in [1.807, 2.05) is 0 Å². The molecule has 0 saturated carbocycles. The fraction of sp³-hybridized carbons (Fsp3) is 0.875. The van der Waals surface area contributed by atoms with Crippen molar-refractivity contribution in [2.45, 2.75) is 52.0 Å². The first-order chi connectivity index (χ1) is 9.53. The van der Waals surface area contributed by atoms with Gasteiger partial charge in [0.2, 0.25) is 0 Å². The van der Waals surface area contributed by atoms with Crippen LogP contribution in [0.3, 0.4) is 0 Å². The first kappa shape index (κ1) is 15.6. The van der Waals surface area contributed by atoms with E-state index < -0.39 is 0 Å². The van der Waals surface area contributed by atoms with E-state index in [2.05, 4.69) is 23.6 Å². The Bertz CT molecular complexity index is 348. The number of Topliss-reactive ketones (excluding diaryl/α,β-unsaturated/α-hetero) is 1. The van der Waals surface area contributed by atoms with E-state index >= 15 is 0 Å². The lowest BCUT2D eigenvalue weighted by atomic mass is 9.84. The van der Waals surface area contributed by atoms with Gasteiger partial charge in [-0.3, -0.25) is 14.5 Å². The molecule has 114 valence electrons. The monoisotopic (exact) mass is 280 g/mol. The van der Waals surface area contributed by atoms with E-state index in [-0.39, 0.29) is 5.78 Å². The highest BCUT2D eigenvalue weighted by atomic mass is 16.2. The molecule has 0 aliphatic carbocycles. The van der Waals surface area contributed by atoms with Crippen molar-refractivity contribution < 1.29 is 9.59 Å². The number of carbonyl (C=O) groups excluding carboxylic acids is 2. The fourth-order valence-electron chi connectivity index (χ4n) is 3.60. The molecule has 0 spiro atoms. The third-order valence-corrected chi connectivity index (χ3v) is 5.02. The van der Waals surface area contributed by atoms with Gasteiger partial charge in [-0.25, -0.2) is 0 Å². The van der Waals surface area contributed by atoms with Crippen molar-refractivity contribution in [1.82, 2.24) is 9.80 Å². The second-order valence-electron chi connectivity index (χ2n) is 6.99. The molecule has 2 aliphatic heterocycles. The zero-order valence-corrected chi connectivity index (χ0v) is 12.9. The first-order valence-corrected chi connectivity index (χ1v) is 7.97. The van der Waals surface area contributed by atoms with E-state index in [0.29, 0.717) is 24.2 Å². The molecule has 0 amide bonds. The number of rotatable bonds is 7. The van der Waals surface area contributed by atoms with Gasteiger partial charge in [0, 0.05) is 19.0 Å². The number of aldehydes is 1. The standard InChI is InChI=1S/C16H28N2O2/c1-16(2)7-11-18(10-5-6-14(20)13-19)15(16)12-17-8-3-4-9-17/h13,15H,3-12H2,1-2H3/t15-/m1/s1. The van der Waals surface area contributed by atoms with Crippen LogP contribution < -0.4 is 0 Å². The molecule has 1 atom stereocenters. The van der Waals surface area contributed by atoms with Gasteiger partial charge in [-0.05, 0) is 57.3 Å². The van der Waals surface area contributed by atoms with Crippen LogP contribution in [0.15, 0.2) is 0 Å². The SMILES string of the molecule is CC1(C)CCN(CCCC(=O)C=O)[C@@H]1CN1CCCC1. The number of hydrogen-bond acceptors (Lipinski definition) is 4. The predicted molar refractivity (Wildman–Crippen MR) is 79.7 cm³/mol. The molecule has 0 N–H and O–H groups in total. The van der Waals surface area contributed by atoms with Gasteiger partial charge in [0.05, 0.1) is 0 Å². The molecule has 2 aliphatic rings. The van der Waals surface area contributed by atoms with Crippen LogP contribution >= 0.6 is 0 Å². The van der Waals surface area contributed by atoms with Gasteiger partial charge < -0.3 is 4.90 Å². The third-order valence-electron chi connectivity index (χ3n) is 5.02. The summed E-state index contributed by atoms with van der Waals surface area (Å²) in [5.74, 6) is -0.264. The minimum atomic E-state index is -0.264. The van der Waals surface area contributed by atoms with Crippen LogP contribution in [0.2, 0.25) is 0 Å². The minimum absolute atomic E-state index is 0.264. The van der Waals surface area contributed by atoms with Crippen molar-refractivity contribution >= 4 is 12.1 Å². The van der Waals surface area contributed by atoms with E-state index in [1.54, 1.807) is 0 Å². The second kappa shape index (κ2) is 6.81. The van der Waals surface area contributed by atoms with Gasteiger partial charge in [0.1, 0.15) is 0 Å². The van der Waals surface area contributed by atoms with E-state index in [0.717, 1.165) is 26.1 Å². The number of ketones is 1. The van der Waals surface area contributed by atoms with Gasteiger partial charge in [0.25, 0.3) is 0 Å². The van der Waals surface area contributed by atoms with Gasteiger partial charge in [-0.2, -0.15) is 0 Å². The molecule has 0 radical (unpaired) electrons. The normalized spacial score (nSPS) is 27.0. The highest BCUT2D eigenvalue weighted by Crippen LogP contribution is 2.37. The van der Waals surface area contributed by atoms with Crippen LogP contribution in [-0.4, -0.2) is 60.6 Å². The summed E-state index contributed by atoms with van der Waals surface area (Å²) in [6.45, 7) is 10.4. The summed E-state index contributed by atoms with van der Waals surface area (Å²) in [7, 11) is 0. The molecule has 4 heteroatoms. The molecule has 2 saturated heterocycles. The molecule has 20 heavy (non-hydrogen) atoms. The van der Waals surface area contributed by atoms with Crippen LogP contribution in [0.1, 0.15) is 46.0 Å². The molecule has 0 aromatic heterocycles. The van der Waals surface area contributed by atoms with Gasteiger partial charge >= 0.3 is 0 Å². The average Bonchev–Trinajstić information content (AvgIpc) is 3.01. The summed E-state index contributed by atoms with van der Waals surface area (Å²) in [5, 5.41) is 0. The van der Waals surface area contributed by atoms with E-state index in [4.69, 9.17) is 0 Å². The molecule has 0 unspecified atom stereocenters. The van der Waals surface area contributed by atoms with Gasteiger partial charge in [-0.15, -0.1) is 0 Å². The van der Waals surface area contributed by atoms with Crippen molar-refractivity contribution in [2.24, 2.45) is 5.41 Å².